The van der Waals surface area contributed by atoms with Crippen molar-refractivity contribution >= 4 is 17.5 Å². The topological polar surface area (TPSA) is 76.7 Å². The van der Waals surface area contributed by atoms with Gasteiger partial charge in [-0.15, -0.1) is 0 Å². The Morgan fingerprint density at radius 1 is 1.15 bits per heavy atom. The van der Waals surface area contributed by atoms with Crippen LogP contribution in [0.1, 0.15) is 28.8 Å². The highest BCUT2D eigenvalue weighted by atomic mass is 16.5. The minimum atomic E-state index is -0.324. The fourth-order valence-corrected chi connectivity index (χ4v) is 2.87. The predicted molar refractivity (Wildman–Crippen MR) is 103 cm³/mol. The minimum Gasteiger partial charge on any atom is -0.484 e. The first-order valence-electron chi connectivity index (χ1n) is 9.10. The third-order valence-corrected chi connectivity index (χ3v) is 4.35. The number of carbonyl (C=O) groups is 2. The molecule has 2 aromatic carbocycles. The third-order valence-electron chi connectivity index (χ3n) is 4.35. The molecule has 2 amide bonds. The molecular formula is C21H24N2O4. The van der Waals surface area contributed by atoms with E-state index in [1.807, 2.05) is 31.2 Å². The average molecular weight is 368 g/mol. The summed E-state index contributed by atoms with van der Waals surface area (Å²) in [7, 11) is 0. The van der Waals surface area contributed by atoms with Crippen LogP contribution in [0.5, 0.6) is 5.75 Å². The lowest BCUT2D eigenvalue weighted by molar-refractivity contribution is -0.118. The maximum atomic E-state index is 12.5. The first kappa shape index (κ1) is 18.9. The number of carbonyl (C=O) groups excluding carboxylic acids is 2. The van der Waals surface area contributed by atoms with E-state index in [1.54, 1.807) is 24.3 Å². The number of hydrogen-bond acceptors (Lipinski definition) is 4. The van der Waals surface area contributed by atoms with Crippen molar-refractivity contribution in [2.75, 3.05) is 25.1 Å². The zero-order valence-electron chi connectivity index (χ0n) is 15.4. The van der Waals surface area contributed by atoms with Gasteiger partial charge in [0.25, 0.3) is 11.8 Å². The Kier molecular flexibility index (Phi) is 6.44. The molecule has 0 spiro atoms. The highest BCUT2D eigenvalue weighted by Gasteiger charge is 2.18. The number of rotatable bonds is 7. The summed E-state index contributed by atoms with van der Waals surface area (Å²) in [4.78, 5) is 24.7. The molecular weight excluding hydrogens is 344 g/mol. The highest BCUT2D eigenvalue weighted by Crippen LogP contribution is 2.16. The molecule has 0 radical (unpaired) electrons. The van der Waals surface area contributed by atoms with Gasteiger partial charge in [0, 0.05) is 13.2 Å². The lowest BCUT2D eigenvalue weighted by Gasteiger charge is -2.14. The van der Waals surface area contributed by atoms with Crippen LogP contribution in [0.3, 0.4) is 0 Å². The molecule has 1 aliphatic rings. The largest absolute Gasteiger partial charge is 0.484 e. The van der Waals surface area contributed by atoms with E-state index in [1.165, 1.54) is 0 Å². The van der Waals surface area contributed by atoms with Crippen LogP contribution in [-0.4, -0.2) is 37.7 Å². The van der Waals surface area contributed by atoms with Gasteiger partial charge in [-0.2, -0.15) is 0 Å². The second-order valence-corrected chi connectivity index (χ2v) is 6.54. The molecule has 1 heterocycles. The summed E-state index contributed by atoms with van der Waals surface area (Å²) < 4.78 is 11.0. The normalized spacial score (nSPS) is 16.0. The summed E-state index contributed by atoms with van der Waals surface area (Å²) in [6, 6.07) is 14.4. The monoisotopic (exact) mass is 368 g/mol. The Labute approximate surface area is 158 Å². The van der Waals surface area contributed by atoms with Crippen LogP contribution in [0.25, 0.3) is 0 Å². The van der Waals surface area contributed by atoms with Crippen molar-refractivity contribution < 1.29 is 19.1 Å². The molecule has 0 saturated carbocycles. The van der Waals surface area contributed by atoms with Gasteiger partial charge in [0.2, 0.25) is 0 Å². The van der Waals surface area contributed by atoms with Crippen LogP contribution in [0.15, 0.2) is 48.5 Å². The molecule has 1 atom stereocenters. The van der Waals surface area contributed by atoms with E-state index >= 15 is 0 Å². The molecule has 0 aliphatic carbocycles. The Balaban J connectivity index is 1.55. The van der Waals surface area contributed by atoms with Crippen LogP contribution < -0.4 is 15.4 Å². The maximum absolute atomic E-state index is 12.5. The van der Waals surface area contributed by atoms with E-state index in [-0.39, 0.29) is 24.5 Å². The summed E-state index contributed by atoms with van der Waals surface area (Å²) in [6.07, 6.45) is 2.04. The molecule has 2 aromatic rings. The standard InChI is InChI=1S/C21H24N2O4/c1-15-8-10-16(11-9-15)27-14-20(24)23-19-7-3-2-6-18(19)21(25)22-13-17-5-4-12-26-17/h2-3,6-11,17H,4-5,12-14H2,1H3,(H,22,25)(H,23,24). The zero-order chi connectivity index (χ0) is 19.1. The van der Waals surface area contributed by atoms with Gasteiger partial charge in [0.05, 0.1) is 17.4 Å². The van der Waals surface area contributed by atoms with Crippen molar-refractivity contribution in [1.29, 1.82) is 0 Å². The molecule has 1 saturated heterocycles. The Morgan fingerprint density at radius 3 is 2.67 bits per heavy atom. The minimum absolute atomic E-state index is 0.0682. The van der Waals surface area contributed by atoms with Gasteiger partial charge in [0.1, 0.15) is 5.75 Å². The van der Waals surface area contributed by atoms with Crippen molar-refractivity contribution in [3.63, 3.8) is 0 Å². The Bertz CT molecular complexity index is 783. The fraction of sp³-hybridized carbons (Fsp3) is 0.333. The number of anilines is 1. The van der Waals surface area contributed by atoms with Gasteiger partial charge in [-0.3, -0.25) is 9.59 Å². The molecule has 1 fully saturated rings. The van der Waals surface area contributed by atoms with E-state index in [9.17, 15) is 9.59 Å². The molecule has 0 bridgehead atoms. The summed E-state index contributed by atoms with van der Waals surface area (Å²) in [6.45, 7) is 3.07. The molecule has 6 nitrogen and oxygen atoms in total. The average Bonchev–Trinajstić information content (AvgIpc) is 3.20. The van der Waals surface area contributed by atoms with Crippen LogP contribution in [0.2, 0.25) is 0 Å². The lowest BCUT2D eigenvalue weighted by atomic mass is 10.1. The first-order valence-corrected chi connectivity index (χ1v) is 9.10. The quantitative estimate of drug-likeness (QED) is 0.788. The molecule has 6 heteroatoms. The van der Waals surface area contributed by atoms with E-state index < -0.39 is 0 Å². The number of nitrogens with one attached hydrogen (secondary N) is 2. The summed E-state index contributed by atoms with van der Waals surface area (Å²) >= 11 is 0. The maximum Gasteiger partial charge on any atom is 0.262 e. The second-order valence-electron chi connectivity index (χ2n) is 6.54. The number of hydrogen-bond donors (Lipinski definition) is 2. The number of benzene rings is 2. The molecule has 2 N–H and O–H groups in total. The molecule has 27 heavy (non-hydrogen) atoms. The van der Waals surface area contributed by atoms with Gasteiger partial charge >= 0.3 is 0 Å². The number of aryl methyl sites for hydroxylation is 1. The fourth-order valence-electron chi connectivity index (χ4n) is 2.87. The van der Waals surface area contributed by atoms with Crippen LogP contribution in [-0.2, 0) is 9.53 Å². The third kappa shape index (κ3) is 5.56. The summed E-state index contributed by atoms with van der Waals surface area (Å²) in [5.41, 5.74) is 1.99. The van der Waals surface area contributed by atoms with E-state index in [0.717, 1.165) is 25.0 Å². The van der Waals surface area contributed by atoms with E-state index in [4.69, 9.17) is 9.47 Å². The van der Waals surface area contributed by atoms with Crippen LogP contribution in [0.4, 0.5) is 5.69 Å². The number of amides is 2. The molecule has 3 rings (SSSR count). The smallest absolute Gasteiger partial charge is 0.262 e. The van der Waals surface area contributed by atoms with Crippen molar-refractivity contribution in [2.45, 2.75) is 25.9 Å². The molecule has 142 valence electrons. The number of ether oxygens (including phenoxy) is 2. The van der Waals surface area contributed by atoms with Crippen molar-refractivity contribution in [3.05, 3.63) is 59.7 Å². The van der Waals surface area contributed by atoms with Crippen molar-refractivity contribution in [2.24, 2.45) is 0 Å². The van der Waals surface area contributed by atoms with Crippen LogP contribution in [0, 0.1) is 6.92 Å². The predicted octanol–water partition coefficient (Wildman–Crippen LogP) is 2.92. The molecule has 1 unspecified atom stereocenters. The first-order chi connectivity index (χ1) is 13.1. The zero-order valence-corrected chi connectivity index (χ0v) is 15.4. The lowest BCUT2D eigenvalue weighted by Crippen LogP contribution is -2.32. The summed E-state index contributed by atoms with van der Waals surface area (Å²) in [5, 5.41) is 5.62. The Hall–Kier alpha value is -2.86. The Morgan fingerprint density at radius 2 is 1.93 bits per heavy atom. The number of para-hydroxylation sites is 1. The van der Waals surface area contributed by atoms with Crippen molar-refractivity contribution in [1.82, 2.24) is 5.32 Å². The van der Waals surface area contributed by atoms with Gasteiger partial charge < -0.3 is 20.1 Å². The van der Waals surface area contributed by atoms with E-state index in [2.05, 4.69) is 10.6 Å². The SMILES string of the molecule is Cc1ccc(OCC(=O)Nc2ccccc2C(=O)NCC2CCCO2)cc1. The van der Waals surface area contributed by atoms with Gasteiger partial charge in [0.15, 0.2) is 6.61 Å². The van der Waals surface area contributed by atoms with Gasteiger partial charge in [-0.25, -0.2) is 0 Å². The molecule has 1 aliphatic heterocycles. The second kappa shape index (κ2) is 9.19. The van der Waals surface area contributed by atoms with Crippen LogP contribution >= 0.6 is 0 Å². The van der Waals surface area contributed by atoms with Gasteiger partial charge in [-0.1, -0.05) is 29.8 Å². The van der Waals surface area contributed by atoms with E-state index in [0.29, 0.717) is 23.5 Å². The highest BCUT2D eigenvalue weighted by molar-refractivity contribution is 6.04. The van der Waals surface area contributed by atoms with Crippen molar-refractivity contribution in [3.8, 4) is 5.75 Å². The summed E-state index contributed by atoms with van der Waals surface area (Å²) in [5.74, 6) is 0.0640. The van der Waals surface area contributed by atoms with Gasteiger partial charge in [-0.05, 0) is 44.0 Å². The molecule has 0 aromatic heterocycles.